The number of hydrogen-bond acceptors (Lipinski definition) is 3. The fraction of sp³-hybridized carbons (Fsp3) is 0.464. The van der Waals surface area contributed by atoms with Gasteiger partial charge in [0.25, 0.3) is 0 Å². The Morgan fingerprint density at radius 1 is 0.914 bits per heavy atom. The summed E-state index contributed by atoms with van der Waals surface area (Å²) in [7, 11) is 0. The number of benzene rings is 2. The predicted molar refractivity (Wildman–Crippen MR) is 133 cm³/mol. The van der Waals surface area contributed by atoms with Crippen molar-refractivity contribution in [3.63, 3.8) is 0 Å². The number of para-hydroxylation sites is 2. The monoisotopic (exact) mass is 476 g/mol. The van der Waals surface area contributed by atoms with Crippen LogP contribution >= 0.6 is 0 Å². The van der Waals surface area contributed by atoms with Crippen LogP contribution in [0.1, 0.15) is 44.1 Å². The average Bonchev–Trinajstić information content (AvgIpc) is 3.32. The van der Waals surface area contributed by atoms with Crippen LogP contribution in [-0.4, -0.2) is 56.8 Å². The smallest absolute Gasteiger partial charge is 0.227 e. The highest BCUT2D eigenvalue weighted by Crippen LogP contribution is 2.31. The number of nitrogens with zero attached hydrogens (tertiary/aromatic N) is 4. The van der Waals surface area contributed by atoms with E-state index in [0.29, 0.717) is 37.5 Å². The predicted octanol–water partition coefficient (Wildman–Crippen LogP) is 4.43. The Kier molecular flexibility index (Phi) is 7.11. The summed E-state index contributed by atoms with van der Waals surface area (Å²) >= 11 is 0. The summed E-state index contributed by atoms with van der Waals surface area (Å²) in [5, 5.41) is 0. The maximum atomic E-state index is 14.0. The van der Waals surface area contributed by atoms with Gasteiger partial charge in [-0.05, 0) is 61.8 Å². The topological polar surface area (TPSA) is 58.4 Å². The van der Waals surface area contributed by atoms with E-state index >= 15 is 0 Å². The van der Waals surface area contributed by atoms with Gasteiger partial charge in [-0.15, -0.1) is 0 Å². The van der Waals surface area contributed by atoms with Crippen molar-refractivity contribution in [3.8, 4) is 0 Å². The number of piperidine rings is 2. The molecule has 7 heteroatoms. The number of likely N-dealkylation sites (tertiary alicyclic amines) is 2. The van der Waals surface area contributed by atoms with Gasteiger partial charge in [0, 0.05) is 38.6 Å². The molecule has 0 aliphatic carbocycles. The number of carbonyl (C=O) groups excluding carboxylic acids is 2. The molecule has 3 heterocycles. The van der Waals surface area contributed by atoms with Crippen LogP contribution in [0.25, 0.3) is 11.0 Å². The lowest BCUT2D eigenvalue weighted by Gasteiger charge is -2.44. The molecule has 2 saturated heterocycles. The van der Waals surface area contributed by atoms with Gasteiger partial charge in [-0.1, -0.05) is 30.3 Å². The van der Waals surface area contributed by atoms with E-state index in [9.17, 15) is 14.0 Å². The van der Waals surface area contributed by atoms with Gasteiger partial charge in [-0.2, -0.15) is 0 Å². The lowest BCUT2D eigenvalue weighted by atomic mass is 9.83. The van der Waals surface area contributed by atoms with Crippen LogP contribution in [0.4, 0.5) is 4.39 Å². The van der Waals surface area contributed by atoms with Gasteiger partial charge in [0.15, 0.2) is 0 Å². The van der Waals surface area contributed by atoms with Crippen LogP contribution in [0.2, 0.25) is 0 Å². The lowest BCUT2D eigenvalue weighted by Crippen LogP contribution is -2.51. The highest BCUT2D eigenvalue weighted by atomic mass is 19.1. The first-order valence-corrected chi connectivity index (χ1v) is 12.8. The van der Waals surface area contributed by atoms with Crippen molar-refractivity contribution in [3.05, 3.63) is 66.2 Å². The van der Waals surface area contributed by atoms with Crippen LogP contribution in [0.5, 0.6) is 0 Å². The molecule has 184 valence electrons. The molecular formula is C28H33FN4O2. The molecule has 1 aromatic heterocycles. The minimum atomic E-state index is -0.323. The molecule has 1 atom stereocenters. The van der Waals surface area contributed by atoms with E-state index in [2.05, 4.69) is 14.5 Å². The minimum absolute atomic E-state index is 0.0160. The molecule has 0 spiro atoms. The van der Waals surface area contributed by atoms with Crippen molar-refractivity contribution in [2.75, 3.05) is 19.6 Å². The molecule has 0 unspecified atom stereocenters. The summed E-state index contributed by atoms with van der Waals surface area (Å²) in [5.74, 6) is 0.282. The second kappa shape index (κ2) is 10.6. The highest BCUT2D eigenvalue weighted by Gasteiger charge is 2.35. The van der Waals surface area contributed by atoms with Gasteiger partial charge in [-0.25, -0.2) is 9.37 Å². The van der Waals surface area contributed by atoms with E-state index in [1.54, 1.807) is 18.2 Å². The summed E-state index contributed by atoms with van der Waals surface area (Å²) in [5.41, 5.74) is 2.46. The van der Waals surface area contributed by atoms with E-state index in [-0.39, 0.29) is 30.1 Å². The number of aryl methyl sites for hydroxylation is 1. The summed E-state index contributed by atoms with van der Waals surface area (Å²) in [6.45, 7) is 2.81. The number of imidazole rings is 1. The lowest BCUT2D eigenvalue weighted by molar-refractivity contribution is -0.139. The first kappa shape index (κ1) is 23.5. The van der Waals surface area contributed by atoms with E-state index in [1.165, 1.54) is 6.07 Å². The molecule has 2 aliphatic heterocycles. The molecule has 5 rings (SSSR count). The number of carbonyl (C=O) groups is 2. The molecule has 2 amide bonds. The molecule has 3 aromatic rings. The molecule has 35 heavy (non-hydrogen) atoms. The van der Waals surface area contributed by atoms with Crippen molar-refractivity contribution in [2.45, 2.75) is 57.5 Å². The number of amides is 2. The Morgan fingerprint density at radius 3 is 2.51 bits per heavy atom. The number of aromatic nitrogens is 2. The van der Waals surface area contributed by atoms with E-state index in [1.807, 2.05) is 35.5 Å². The van der Waals surface area contributed by atoms with Crippen LogP contribution < -0.4 is 0 Å². The first-order chi connectivity index (χ1) is 17.1. The van der Waals surface area contributed by atoms with Gasteiger partial charge in [-0.3, -0.25) is 9.59 Å². The number of halogens is 1. The van der Waals surface area contributed by atoms with Gasteiger partial charge in [0.1, 0.15) is 5.82 Å². The zero-order valence-electron chi connectivity index (χ0n) is 20.1. The Bertz CT molecular complexity index is 1180. The maximum absolute atomic E-state index is 14.0. The standard InChI is InChI=1S/C28H33FN4O2/c29-23-8-2-1-7-22(23)19-28(35)31-16-12-21(13-17-31)25-10-5-6-15-33(25)27(34)14-18-32-20-30-24-9-3-4-11-26(24)32/h1-4,7-9,11,20-21,25H,5-6,10,12-19H2/t25-/m1/s1. The molecule has 6 nitrogen and oxygen atoms in total. The van der Waals surface area contributed by atoms with Crippen molar-refractivity contribution in [2.24, 2.45) is 5.92 Å². The second-order valence-electron chi connectivity index (χ2n) is 9.81. The van der Waals surface area contributed by atoms with Gasteiger partial charge >= 0.3 is 0 Å². The summed E-state index contributed by atoms with van der Waals surface area (Å²) in [6.07, 6.45) is 7.41. The van der Waals surface area contributed by atoms with Crippen molar-refractivity contribution in [1.82, 2.24) is 19.4 Å². The summed E-state index contributed by atoms with van der Waals surface area (Å²) in [6, 6.07) is 14.7. The third-order valence-electron chi connectivity index (χ3n) is 7.70. The second-order valence-corrected chi connectivity index (χ2v) is 9.81. The van der Waals surface area contributed by atoms with Crippen LogP contribution in [0.3, 0.4) is 0 Å². The number of fused-ring (bicyclic) bond motifs is 1. The number of rotatable bonds is 6. The SMILES string of the molecule is O=C(Cc1ccccc1F)N1CCC([C@H]2CCCCN2C(=O)CCn2cnc3ccccc32)CC1. The Labute approximate surface area is 205 Å². The molecule has 0 radical (unpaired) electrons. The van der Waals surface area contributed by atoms with Crippen molar-refractivity contribution in [1.29, 1.82) is 0 Å². The Hall–Kier alpha value is -3.22. The first-order valence-electron chi connectivity index (χ1n) is 12.8. The Morgan fingerprint density at radius 2 is 1.69 bits per heavy atom. The minimum Gasteiger partial charge on any atom is -0.342 e. The molecular weight excluding hydrogens is 443 g/mol. The molecule has 0 N–H and O–H groups in total. The summed E-state index contributed by atoms with van der Waals surface area (Å²) in [4.78, 5) is 34.4. The van der Waals surface area contributed by atoms with Crippen LogP contribution in [-0.2, 0) is 22.6 Å². The quantitative estimate of drug-likeness (QED) is 0.529. The normalized spacial score (nSPS) is 19.3. The molecule has 0 saturated carbocycles. The molecule has 2 fully saturated rings. The van der Waals surface area contributed by atoms with Crippen LogP contribution in [0.15, 0.2) is 54.9 Å². The van der Waals surface area contributed by atoms with Crippen LogP contribution in [0, 0.1) is 11.7 Å². The maximum Gasteiger partial charge on any atom is 0.227 e. The largest absolute Gasteiger partial charge is 0.342 e. The molecule has 0 bridgehead atoms. The zero-order valence-corrected chi connectivity index (χ0v) is 20.1. The number of hydrogen-bond donors (Lipinski definition) is 0. The average molecular weight is 477 g/mol. The fourth-order valence-electron chi connectivity index (χ4n) is 5.76. The molecule has 2 aromatic carbocycles. The fourth-order valence-corrected chi connectivity index (χ4v) is 5.76. The van der Waals surface area contributed by atoms with E-state index < -0.39 is 0 Å². The highest BCUT2D eigenvalue weighted by molar-refractivity contribution is 5.79. The zero-order chi connectivity index (χ0) is 24.2. The molecule has 2 aliphatic rings. The van der Waals surface area contributed by atoms with Gasteiger partial charge in [0.2, 0.25) is 11.8 Å². The summed E-state index contributed by atoms with van der Waals surface area (Å²) < 4.78 is 16.0. The van der Waals surface area contributed by atoms with E-state index in [0.717, 1.165) is 49.7 Å². The van der Waals surface area contributed by atoms with Gasteiger partial charge in [0.05, 0.1) is 23.8 Å². The van der Waals surface area contributed by atoms with Crippen molar-refractivity contribution >= 4 is 22.8 Å². The Balaban J connectivity index is 1.16. The van der Waals surface area contributed by atoms with Crippen molar-refractivity contribution < 1.29 is 14.0 Å². The third-order valence-corrected chi connectivity index (χ3v) is 7.70. The third kappa shape index (κ3) is 5.24. The van der Waals surface area contributed by atoms with E-state index in [4.69, 9.17) is 0 Å². The van der Waals surface area contributed by atoms with Gasteiger partial charge < -0.3 is 14.4 Å².